The summed E-state index contributed by atoms with van der Waals surface area (Å²) in [5.41, 5.74) is -0.757. The quantitative estimate of drug-likeness (QED) is 0.669. The fourth-order valence-corrected chi connectivity index (χ4v) is 2.66. The van der Waals surface area contributed by atoms with Crippen molar-refractivity contribution in [3.8, 4) is 0 Å². The van der Waals surface area contributed by atoms with Crippen molar-refractivity contribution >= 4 is 5.91 Å². The summed E-state index contributed by atoms with van der Waals surface area (Å²) in [4.78, 5) is 16.4. The van der Waals surface area contributed by atoms with Gasteiger partial charge >= 0.3 is 6.18 Å². The first kappa shape index (κ1) is 18.6. The van der Waals surface area contributed by atoms with Gasteiger partial charge in [-0.15, -0.1) is 0 Å². The molecule has 2 aromatic carbocycles. The number of carbonyl (C=O) groups excluding carboxylic acids is 1. The SMILES string of the molecule is O=C(NC(c1ccc(F)cc1)c1ncccc1C(F)(F)F)c1ccccc1. The molecule has 1 aromatic heterocycles. The number of nitrogens with zero attached hydrogens (tertiary/aromatic N) is 1. The summed E-state index contributed by atoms with van der Waals surface area (Å²) in [6, 6.07) is 13.8. The minimum Gasteiger partial charge on any atom is -0.340 e. The molecule has 0 aliphatic rings. The summed E-state index contributed by atoms with van der Waals surface area (Å²) in [6.45, 7) is 0. The number of nitrogens with one attached hydrogen (secondary N) is 1. The predicted molar refractivity (Wildman–Crippen MR) is 91.4 cm³/mol. The van der Waals surface area contributed by atoms with Gasteiger partial charge in [0.15, 0.2) is 0 Å². The normalized spacial score (nSPS) is 12.4. The maximum atomic E-state index is 13.4. The molecule has 27 heavy (non-hydrogen) atoms. The third kappa shape index (κ3) is 4.31. The maximum Gasteiger partial charge on any atom is 0.418 e. The van der Waals surface area contributed by atoms with Crippen molar-refractivity contribution in [1.82, 2.24) is 10.3 Å². The second-order valence-corrected chi connectivity index (χ2v) is 5.76. The molecule has 0 aliphatic carbocycles. The Morgan fingerprint density at radius 1 is 0.926 bits per heavy atom. The summed E-state index contributed by atoms with van der Waals surface area (Å²) in [7, 11) is 0. The second kappa shape index (κ2) is 7.57. The monoisotopic (exact) mass is 374 g/mol. The molecule has 138 valence electrons. The molecule has 0 radical (unpaired) electrons. The molecular formula is C20H14F4N2O. The lowest BCUT2D eigenvalue weighted by molar-refractivity contribution is -0.138. The number of amides is 1. The number of rotatable bonds is 4. The Morgan fingerprint density at radius 3 is 2.22 bits per heavy atom. The molecule has 0 bridgehead atoms. The molecule has 1 unspecified atom stereocenters. The zero-order valence-electron chi connectivity index (χ0n) is 13.9. The van der Waals surface area contributed by atoms with Crippen LogP contribution in [0.4, 0.5) is 17.6 Å². The van der Waals surface area contributed by atoms with Crippen molar-refractivity contribution in [2.45, 2.75) is 12.2 Å². The summed E-state index contributed by atoms with van der Waals surface area (Å²) < 4.78 is 53.6. The molecule has 0 spiro atoms. The highest BCUT2D eigenvalue weighted by Gasteiger charge is 2.37. The standard InChI is InChI=1S/C20H14F4N2O/c21-15-10-8-13(9-11-15)17(26-19(27)14-5-2-1-3-6-14)18-16(20(22,23)24)7-4-12-25-18/h1-12,17H,(H,26,27). The Labute approximate surface area is 152 Å². The van der Waals surface area contributed by atoms with Crippen LogP contribution in [0.2, 0.25) is 0 Å². The van der Waals surface area contributed by atoms with E-state index in [0.717, 1.165) is 18.2 Å². The van der Waals surface area contributed by atoms with Gasteiger partial charge in [0.2, 0.25) is 0 Å². The number of hydrogen-bond acceptors (Lipinski definition) is 2. The van der Waals surface area contributed by atoms with E-state index in [1.165, 1.54) is 24.4 Å². The maximum absolute atomic E-state index is 13.4. The molecule has 0 fully saturated rings. The van der Waals surface area contributed by atoms with Crippen LogP contribution in [0.15, 0.2) is 72.9 Å². The Hall–Kier alpha value is -3.22. The van der Waals surface area contributed by atoms with Gasteiger partial charge in [0.05, 0.1) is 17.3 Å². The van der Waals surface area contributed by atoms with E-state index in [2.05, 4.69) is 10.3 Å². The van der Waals surface area contributed by atoms with E-state index in [9.17, 15) is 22.4 Å². The fraction of sp³-hybridized carbons (Fsp3) is 0.100. The number of aromatic nitrogens is 1. The molecule has 1 N–H and O–H groups in total. The highest BCUT2D eigenvalue weighted by atomic mass is 19.4. The zero-order valence-corrected chi connectivity index (χ0v) is 13.9. The second-order valence-electron chi connectivity index (χ2n) is 5.76. The number of halogens is 4. The Morgan fingerprint density at radius 2 is 1.59 bits per heavy atom. The van der Waals surface area contributed by atoms with Crippen LogP contribution in [-0.2, 0) is 6.18 Å². The third-order valence-electron chi connectivity index (χ3n) is 3.93. The van der Waals surface area contributed by atoms with Crippen molar-refractivity contribution < 1.29 is 22.4 Å². The van der Waals surface area contributed by atoms with E-state index in [1.807, 2.05) is 0 Å². The van der Waals surface area contributed by atoms with Crippen LogP contribution in [0.5, 0.6) is 0 Å². The Bertz CT molecular complexity index is 925. The molecule has 1 heterocycles. The molecule has 0 saturated carbocycles. The van der Waals surface area contributed by atoms with E-state index in [0.29, 0.717) is 0 Å². The third-order valence-corrected chi connectivity index (χ3v) is 3.93. The number of alkyl halides is 3. The molecule has 1 atom stereocenters. The number of pyridine rings is 1. The summed E-state index contributed by atoms with van der Waals surface area (Å²) >= 11 is 0. The van der Waals surface area contributed by atoms with Gasteiger partial charge in [0.1, 0.15) is 5.82 Å². The van der Waals surface area contributed by atoms with Crippen molar-refractivity contribution in [3.05, 3.63) is 101 Å². The lowest BCUT2D eigenvalue weighted by atomic mass is 9.98. The first-order valence-corrected chi connectivity index (χ1v) is 8.00. The molecule has 3 rings (SSSR count). The average molecular weight is 374 g/mol. The van der Waals surface area contributed by atoms with Gasteiger partial charge < -0.3 is 5.32 Å². The summed E-state index contributed by atoms with van der Waals surface area (Å²) in [5, 5.41) is 2.57. The van der Waals surface area contributed by atoms with Crippen LogP contribution in [0.25, 0.3) is 0 Å². The minimum absolute atomic E-state index is 0.282. The van der Waals surface area contributed by atoms with Crippen LogP contribution in [0, 0.1) is 5.82 Å². The zero-order chi connectivity index (χ0) is 19.4. The molecule has 1 amide bonds. The van der Waals surface area contributed by atoms with Crippen LogP contribution < -0.4 is 5.32 Å². The number of benzene rings is 2. The molecule has 0 saturated heterocycles. The van der Waals surface area contributed by atoms with Crippen molar-refractivity contribution in [1.29, 1.82) is 0 Å². The van der Waals surface area contributed by atoms with E-state index in [4.69, 9.17) is 0 Å². The van der Waals surface area contributed by atoms with Crippen LogP contribution in [0.1, 0.15) is 33.2 Å². The Balaban J connectivity index is 2.06. The lowest BCUT2D eigenvalue weighted by Gasteiger charge is -2.22. The van der Waals surface area contributed by atoms with Crippen molar-refractivity contribution in [2.24, 2.45) is 0 Å². The number of hydrogen-bond donors (Lipinski definition) is 1. The van der Waals surface area contributed by atoms with Gasteiger partial charge in [-0.25, -0.2) is 4.39 Å². The topological polar surface area (TPSA) is 42.0 Å². The van der Waals surface area contributed by atoms with Gasteiger partial charge in [0, 0.05) is 11.8 Å². The average Bonchev–Trinajstić information content (AvgIpc) is 2.67. The van der Waals surface area contributed by atoms with Gasteiger partial charge in [-0.3, -0.25) is 9.78 Å². The predicted octanol–water partition coefficient (Wildman–Crippen LogP) is 4.76. The van der Waals surface area contributed by atoms with Gasteiger partial charge in [-0.2, -0.15) is 13.2 Å². The molecule has 0 aliphatic heterocycles. The largest absolute Gasteiger partial charge is 0.418 e. The molecule has 7 heteroatoms. The highest BCUT2D eigenvalue weighted by molar-refractivity contribution is 5.94. The lowest BCUT2D eigenvalue weighted by Crippen LogP contribution is -2.31. The van der Waals surface area contributed by atoms with E-state index >= 15 is 0 Å². The summed E-state index contributed by atoms with van der Waals surface area (Å²) in [5.74, 6) is -1.10. The van der Waals surface area contributed by atoms with E-state index in [1.54, 1.807) is 30.3 Å². The highest BCUT2D eigenvalue weighted by Crippen LogP contribution is 2.35. The van der Waals surface area contributed by atoms with Gasteiger partial charge in [-0.1, -0.05) is 30.3 Å². The van der Waals surface area contributed by atoms with Crippen molar-refractivity contribution in [3.63, 3.8) is 0 Å². The fourth-order valence-electron chi connectivity index (χ4n) is 2.66. The van der Waals surface area contributed by atoms with E-state index in [-0.39, 0.29) is 16.8 Å². The van der Waals surface area contributed by atoms with Crippen molar-refractivity contribution in [2.75, 3.05) is 0 Å². The van der Waals surface area contributed by atoms with Crippen LogP contribution in [0.3, 0.4) is 0 Å². The number of carbonyl (C=O) groups is 1. The van der Waals surface area contributed by atoms with Gasteiger partial charge in [-0.05, 0) is 42.0 Å². The molecule has 3 nitrogen and oxygen atoms in total. The summed E-state index contributed by atoms with van der Waals surface area (Å²) in [6.07, 6.45) is -3.44. The first-order chi connectivity index (χ1) is 12.9. The smallest absolute Gasteiger partial charge is 0.340 e. The Kier molecular flexibility index (Phi) is 5.21. The van der Waals surface area contributed by atoms with E-state index < -0.39 is 29.5 Å². The minimum atomic E-state index is -4.65. The van der Waals surface area contributed by atoms with Crippen LogP contribution >= 0.6 is 0 Å². The van der Waals surface area contributed by atoms with Gasteiger partial charge in [0.25, 0.3) is 5.91 Å². The first-order valence-electron chi connectivity index (χ1n) is 8.00. The molecular weight excluding hydrogens is 360 g/mol. The van der Waals surface area contributed by atoms with Crippen LogP contribution in [-0.4, -0.2) is 10.9 Å². The molecule has 3 aromatic rings.